The van der Waals surface area contributed by atoms with Crippen LogP contribution in [0, 0.1) is 0 Å². The number of rotatable bonds is 6. The Bertz CT molecular complexity index is 3440. The van der Waals surface area contributed by atoms with Crippen LogP contribution in [0.3, 0.4) is 0 Å². The van der Waals surface area contributed by atoms with Gasteiger partial charge in [0, 0.05) is 45.3 Å². The number of hydrogen-bond acceptors (Lipinski definition) is 6. The second-order valence-electron chi connectivity index (χ2n) is 15.3. The molecule has 9 aromatic rings. The lowest BCUT2D eigenvalue weighted by Gasteiger charge is -2.19. The summed E-state index contributed by atoms with van der Waals surface area (Å²) in [6.07, 6.45) is 6.24. The highest BCUT2D eigenvalue weighted by Gasteiger charge is 2.32. The number of carbonyl (C=O) groups excluding carboxylic acids is 1. The number of halogens is 2. The molecule has 0 fully saturated rings. The van der Waals surface area contributed by atoms with E-state index >= 15 is 0 Å². The van der Waals surface area contributed by atoms with Gasteiger partial charge in [0.15, 0.2) is 9.79 Å². The highest BCUT2D eigenvalue weighted by molar-refractivity contribution is 7.97. The van der Waals surface area contributed by atoms with E-state index in [1.54, 1.807) is 82.0 Å². The predicted octanol–water partition coefficient (Wildman–Crippen LogP) is 11.5. The van der Waals surface area contributed by atoms with E-state index in [2.05, 4.69) is 9.97 Å². The highest BCUT2D eigenvalue weighted by Crippen LogP contribution is 2.42. The van der Waals surface area contributed by atoms with Gasteiger partial charge in [0.2, 0.25) is 26.3 Å². The van der Waals surface area contributed by atoms with Crippen molar-refractivity contribution >= 4 is 93.8 Å². The number of nitrogens with zero attached hydrogens (tertiary/aromatic N) is 5. The van der Waals surface area contributed by atoms with Gasteiger partial charge in [-0.1, -0.05) is 75.4 Å². The van der Waals surface area contributed by atoms with E-state index in [0.717, 1.165) is 60.8 Å². The van der Waals surface area contributed by atoms with Crippen LogP contribution in [0.25, 0.3) is 60.8 Å². The van der Waals surface area contributed by atoms with Crippen molar-refractivity contribution in [1.82, 2.24) is 19.1 Å². The molecule has 3 aromatic heterocycles. The number of aryl methyl sites for hydroxylation is 1. The van der Waals surface area contributed by atoms with Crippen molar-refractivity contribution in [2.24, 2.45) is 7.05 Å². The molecule has 2 atom stereocenters. The van der Waals surface area contributed by atoms with Crippen molar-refractivity contribution in [3.8, 4) is 27.9 Å². The first-order valence-corrected chi connectivity index (χ1v) is 24.1. The maximum Gasteiger partial charge on any atom is 0.333 e. The van der Waals surface area contributed by atoms with Crippen LogP contribution in [0.15, 0.2) is 160 Å². The average molecular weight is 931 g/mol. The topological polar surface area (TPSA) is 148 Å². The molecule has 64 heavy (non-hydrogen) atoms. The molecule has 0 saturated carbocycles. The lowest BCUT2D eigenvalue weighted by atomic mass is 10.0. The van der Waals surface area contributed by atoms with Gasteiger partial charge in [-0.15, -0.1) is 0 Å². The van der Waals surface area contributed by atoms with Crippen molar-refractivity contribution in [1.29, 1.82) is 0 Å². The van der Waals surface area contributed by atoms with Crippen molar-refractivity contribution in [3.63, 3.8) is 0 Å². The van der Waals surface area contributed by atoms with Gasteiger partial charge in [-0.3, -0.25) is 28.8 Å². The second-order valence-corrected chi connectivity index (χ2v) is 20.3. The van der Waals surface area contributed by atoms with Crippen LogP contribution < -0.4 is 10.6 Å². The van der Waals surface area contributed by atoms with Crippen LogP contribution in [0.2, 0.25) is 10.0 Å². The minimum absolute atomic E-state index is 0. The lowest BCUT2D eigenvalue weighted by Crippen LogP contribution is -2.21. The summed E-state index contributed by atoms with van der Waals surface area (Å²) in [5.74, 6) is -0.0600. The van der Waals surface area contributed by atoms with Gasteiger partial charge in [0.1, 0.15) is 12.5 Å². The summed E-state index contributed by atoms with van der Waals surface area (Å²) in [6.45, 7) is 0. The zero-order chi connectivity index (χ0) is 44.4. The van der Waals surface area contributed by atoms with Gasteiger partial charge < -0.3 is 0 Å². The zero-order valence-corrected chi connectivity index (χ0v) is 37.0. The van der Waals surface area contributed by atoms with Gasteiger partial charge >= 0.3 is 5.69 Å². The molecule has 0 aliphatic carbocycles. The number of hydrogen-bond donors (Lipinski definition) is 2. The summed E-state index contributed by atoms with van der Waals surface area (Å²) in [4.78, 5) is 37.5. The molecule has 1 aliphatic heterocycles. The van der Waals surface area contributed by atoms with Gasteiger partial charge in [-0.25, -0.2) is 4.79 Å². The summed E-state index contributed by atoms with van der Waals surface area (Å²) in [5, 5.41) is 3.04. The summed E-state index contributed by atoms with van der Waals surface area (Å²) in [7, 11) is -4.44. The van der Waals surface area contributed by atoms with Crippen molar-refractivity contribution in [2.75, 3.05) is 17.4 Å². The number of imidazole rings is 1. The standard InChI is InChI=1S/C24H18ClN3O3S.C24H17ClN2O3S.CH4/c1-27-22-14-26-21-12-5-16(15-3-6-17(25)7-4-15)13-20(21)23(22)28(24(27)29)18-8-10-19(11-9-18)32(2,30)31;1-31(29,30)20-9-7-19(8-10-20)27-23(28)13-17-14-26-22-11-4-16(12-21(22)24(17)27)15-2-5-18(25)6-3-15;/h3-14H,1-2H3;2-12,14H,13H2,1H3;1H4/p+2. The third kappa shape index (κ3) is 8.29. The fraction of sp³-hybridized carbons (Fsp3) is 0.102. The molecule has 2 unspecified atom stereocenters. The summed E-state index contributed by atoms with van der Waals surface area (Å²) >= 11 is 12.1. The quantitative estimate of drug-likeness (QED) is 0.157. The molecule has 11 nitrogen and oxygen atoms in total. The van der Waals surface area contributed by atoms with Crippen LogP contribution in [0.5, 0.6) is 0 Å². The number of benzene rings is 6. The third-order valence-electron chi connectivity index (χ3n) is 11.0. The first-order chi connectivity index (χ1) is 30.0. The predicted molar refractivity (Wildman–Crippen MR) is 260 cm³/mol. The van der Waals surface area contributed by atoms with Crippen LogP contribution in [-0.4, -0.2) is 46.6 Å². The molecule has 0 radical (unpaired) electrons. The molecule has 0 bridgehead atoms. The van der Waals surface area contributed by atoms with Gasteiger partial charge in [0.05, 0.1) is 46.1 Å². The van der Waals surface area contributed by atoms with E-state index in [9.17, 15) is 27.1 Å². The van der Waals surface area contributed by atoms with Crippen LogP contribution in [0.4, 0.5) is 11.4 Å². The first kappa shape index (κ1) is 44.3. The van der Waals surface area contributed by atoms with Crippen LogP contribution in [0.1, 0.15) is 13.0 Å². The van der Waals surface area contributed by atoms with E-state index in [1.165, 1.54) is 12.5 Å². The minimum atomic E-state index is -3.09. The minimum Gasteiger partial charge on any atom is -0.293 e. The molecule has 0 spiro atoms. The number of fused-ring (bicyclic) bond motifs is 6. The first-order valence-electron chi connectivity index (χ1n) is 19.5. The number of aromatic nitrogens is 4. The molecule has 2 N–H and O–H groups in total. The van der Waals surface area contributed by atoms with Gasteiger partial charge in [-0.05, 0) is 119 Å². The Morgan fingerprint density at radius 1 is 0.594 bits per heavy atom. The highest BCUT2D eigenvalue weighted by atomic mass is 35.5. The van der Waals surface area contributed by atoms with E-state index < -0.39 is 20.4 Å². The van der Waals surface area contributed by atoms with E-state index in [-0.39, 0.29) is 25.4 Å². The summed E-state index contributed by atoms with van der Waals surface area (Å²) in [5.41, 5.74) is 9.68. The van der Waals surface area contributed by atoms with E-state index in [1.807, 2.05) is 84.9 Å². The molecular weight excluding hydrogens is 890 g/mol. The average Bonchev–Trinajstić information content (AvgIpc) is 3.75. The molecule has 10 rings (SSSR count). The van der Waals surface area contributed by atoms with Gasteiger partial charge in [-0.2, -0.15) is 9.11 Å². The van der Waals surface area contributed by atoms with E-state index in [4.69, 9.17) is 23.2 Å². The Balaban J connectivity index is 0.000000172. The summed E-state index contributed by atoms with van der Waals surface area (Å²) in [6, 6.07) is 40.2. The fourth-order valence-electron chi connectivity index (χ4n) is 7.83. The van der Waals surface area contributed by atoms with Crippen LogP contribution >= 0.6 is 23.2 Å². The Morgan fingerprint density at radius 3 is 1.56 bits per heavy atom. The third-order valence-corrected chi connectivity index (χ3v) is 13.8. The van der Waals surface area contributed by atoms with Crippen molar-refractivity contribution < 1.29 is 22.3 Å². The Hall–Kier alpha value is -6.32. The lowest BCUT2D eigenvalue weighted by molar-refractivity contribution is -0.116. The Labute approximate surface area is 381 Å². The van der Waals surface area contributed by atoms with E-state index in [0.29, 0.717) is 36.7 Å². The Kier molecular flexibility index (Phi) is 11.8. The second kappa shape index (κ2) is 17.0. The molecular formula is C49H41Cl2N5O6S2+2. The maximum atomic E-state index is 13.2. The molecule has 6 aromatic carbocycles. The van der Waals surface area contributed by atoms with Crippen LogP contribution in [-0.2, 0) is 47.1 Å². The SMILES string of the molecule is C.C[S+](=O)(O)c1ccc(N2C(=O)Cc3cnc4ccc(-c5ccc(Cl)cc5)cc4c32)cc1.Cn1c(=O)n(-c2ccc([S+](C)(=O)O)cc2)c2c3cc(-c4ccc(Cl)cc4)ccc3ncc21. The zero-order valence-electron chi connectivity index (χ0n) is 33.9. The normalized spacial score (nSPS) is 14.1. The van der Waals surface area contributed by atoms with Crippen molar-refractivity contribution in [2.45, 2.75) is 23.6 Å². The number of amides is 1. The molecule has 1 amide bonds. The molecule has 4 heterocycles. The molecule has 0 saturated heterocycles. The fourth-order valence-corrected chi connectivity index (χ4v) is 9.36. The summed E-state index contributed by atoms with van der Waals surface area (Å²) < 4.78 is 46.6. The molecule has 322 valence electrons. The number of carbonyl (C=O) groups is 1. The van der Waals surface area contributed by atoms with Crippen molar-refractivity contribution in [3.05, 3.63) is 172 Å². The largest absolute Gasteiger partial charge is 0.333 e. The number of pyridine rings is 2. The number of anilines is 2. The molecule has 15 heteroatoms. The monoisotopic (exact) mass is 929 g/mol. The smallest absolute Gasteiger partial charge is 0.293 e. The molecule has 1 aliphatic rings. The Morgan fingerprint density at radius 2 is 1.05 bits per heavy atom. The maximum absolute atomic E-state index is 13.2. The van der Waals surface area contributed by atoms with Gasteiger partial charge in [0.25, 0.3) is 0 Å².